The Morgan fingerprint density at radius 3 is 2.70 bits per heavy atom. The molecule has 1 aromatic rings. The standard InChI is InChI=1S/C13H18BrN3O3/c1-8(12(18)16-13(15)19)17(2)7-9-6-10(14)4-5-11(9)20-3/h4-6,8H,7H2,1-3H3,(H3,15,16,18,19)/p+1/t8-/m0/s1. The van der Waals surface area contributed by atoms with Gasteiger partial charge in [0.1, 0.15) is 12.3 Å². The van der Waals surface area contributed by atoms with E-state index in [1.165, 1.54) is 0 Å². The number of halogens is 1. The van der Waals surface area contributed by atoms with Crippen molar-refractivity contribution in [3.05, 3.63) is 28.2 Å². The maximum atomic E-state index is 11.7. The molecule has 1 rings (SSSR count). The van der Waals surface area contributed by atoms with Gasteiger partial charge in [-0.05, 0) is 25.1 Å². The summed E-state index contributed by atoms with van der Waals surface area (Å²) in [6.07, 6.45) is 0. The van der Waals surface area contributed by atoms with Crippen LogP contribution in [0.25, 0.3) is 0 Å². The normalized spacial score (nSPS) is 13.4. The quantitative estimate of drug-likeness (QED) is 0.705. The first-order valence-electron chi connectivity index (χ1n) is 6.10. The van der Waals surface area contributed by atoms with E-state index in [9.17, 15) is 9.59 Å². The van der Waals surface area contributed by atoms with E-state index in [1.54, 1.807) is 14.0 Å². The summed E-state index contributed by atoms with van der Waals surface area (Å²) in [4.78, 5) is 23.3. The fourth-order valence-corrected chi connectivity index (χ4v) is 2.20. The molecule has 0 aliphatic rings. The fraction of sp³-hybridized carbons (Fsp3) is 0.385. The number of urea groups is 1. The van der Waals surface area contributed by atoms with E-state index in [1.807, 2.05) is 25.2 Å². The molecule has 2 atom stereocenters. The summed E-state index contributed by atoms with van der Waals surface area (Å²) in [7, 11) is 3.47. The van der Waals surface area contributed by atoms with E-state index in [4.69, 9.17) is 10.5 Å². The molecule has 0 saturated heterocycles. The van der Waals surface area contributed by atoms with Gasteiger partial charge < -0.3 is 15.4 Å². The van der Waals surface area contributed by atoms with E-state index in [2.05, 4.69) is 21.2 Å². The number of imide groups is 1. The topological polar surface area (TPSA) is 85.9 Å². The molecular weight excluding hydrogens is 326 g/mol. The zero-order valence-electron chi connectivity index (χ0n) is 11.7. The Kier molecular flexibility index (Phi) is 5.97. The van der Waals surface area contributed by atoms with Crippen LogP contribution < -0.4 is 20.7 Å². The number of rotatable bonds is 5. The van der Waals surface area contributed by atoms with Crippen molar-refractivity contribution in [1.82, 2.24) is 5.32 Å². The number of benzene rings is 1. The average molecular weight is 345 g/mol. The molecule has 0 bridgehead atoms. The SMILES string of the molecule is COc1ccc(Br)cc1C[NH+](C)[C@@H](C)C(=O)NC(N)=O. The van der Waals surface area contributed by atoms with Crippen LogP contribution in [-0.4, -0.2) is 32.1 Å². The van der Waals surface area contributed by atoms with Crippen molar-refractivity contribution in [3.8, 4) is 5.75 Å². The number of quaternary nitrogens is 1. The molecule has 4 N–H and O–H groups in total. The minimum atomic E-state index is -0.838. The van der Waals surface area contributed by atoms with Crippen LogP contribution in [0.4, 0.5) is 4.79 Å². The Hall–Kier alpha value is -1.60. The maximum Gasteiger partial charge on any atom is 0.319 e. The van der Waals surface area contributed by atoms with Crippen LogP contribution in [-0.2, 0) is 11.3 Å². The molecule has 20 heavy (non-hydrogen) atoms. The number of primary amides is 1. The van der Waals surface area contributed by atoms with E-state index < -0.39 is 18.0 Å². The lowest BCUT2D eigenvalue weighted by Crippen LogP contribution is -3.12. The summed E-state index contributed by atoms with van der Waals surface area (Å²) in [6, 6.07) is 4.45. The Bertz CT molecular complexity index is 508. The number of carbonyl (C=O) groups excluding carboxylic acids is 2. The van der Waals surface area contributed by atoms with Crippen molar-refractivity contribution in [2.45, 2.75) is 19.5 Å². The molecule has 1 unspecified atom stereocenters. The number of hydrogen-bond donors (Lipinski definition) is 3. The Balaban J connectivity index is 2.79. The summed E-state index contributed by atoms with van der Waals surface area (Å²) in [5.74, 6) is 0.360. The van der Waals surface area contributed by atoms with Crippen molar-refractivity contribution in [1.29, 1.82) is 0 Å². The predicted octanol–water partition coefficient (Wildman–Crippen LogP) is 0.0558. The predicted molar refractivity (Wildman–Crippen MR) is 78.5 cm³/mol. The minimum Gasteiger partial charge on any atom is -0.496 e. The molecular formula is C13H19BrN3O3+. The number of ether oxygens (including phenoxy) is 1. The molecule has 110 valence electrons. The third-order valence-corrected chi connectivity index (χ3v) is 3.58. The molecule has 0 heterocycles. The second-order valence-electron chi connectivity index (χ2n) is 4.55. The first-order valence-corrected chi connectivity index (χ1v) is 6.89. The Morgan fingerprint density at radius 2 is 2.15 bits per heavy atom. The highest BCUT2D eigenvalue weighted by atomic mass is 79.9. The van der Waals surface area contributed by atoms with Gasteiger partial charge in [0.05, 0.1) is 14.2 Å². The highest BCUT2D eigenvalue weighted by molar-refractivity contribution is 9.10. The van der Waals surface area contributed by atoms with Gasteiger partial charge in [0.2, 0.25) is 0 Å². The summed E-state index contributed by atoms with van der Waals surface area (Å²) in [5, 5.41) is 2.09. The molecule has 0 aromatic heterocycles. The lowest BCUT2D eigenvalue weighted by molar-refractivity contribution is -0.908. The van der Waals surface area contributed by atoms with Crippen molar-refractivity contribution >= 4 is 27.9 Å². The second-order valence-corrected chi connectivity index (χ2v) is 5.47. The van der Waals surface area contributed by atoms with Crippen LogP contribution in [0.2, 0.25) is 0 Å². The van der Waals surface area contributed by atoms with Crippen LogP contribution >= 0.6 is 15.9 Å². The molecule has 3 amide bonds. The van der Waals surface area contributed by atoms with Gasteiger partial charge in [-0.1, -0.05) is 15.9 Å². The van der Waals surface area contributed by atoms with Crippen LogP contribution in [0.5, 0.6) is 5.75 Å². The van der Waals surface area contributed by atoms with Crippen LogP contribution in [0.15, 0.2) is 22.7 Å². The molecule has 0 aliphatic heterocycles. The first kappa shape index (κ1) is 16.5. The van der Waals surface area contributed by atoms with Gasteiger partial charge in [-0.3, -0.25) is 10.1 Å². The number of nitrogens with two attached hydrogens (primary N) is 1. The van der Waals surface area contributed by atoms with Crippen LogP contribution in [0.1, 0.15) is 12.5 Å². The smallest absolute Gasteiger partial charge is 0.319 e. The summed E-state index contributed by atoms with van der Waals surface area (Å²) in [5.41, 5.74) is 5.91. The lowest BCUT2D eigenvalue weighted by atomic mass is 10.1. The zero-order valence-corrected chi connectivity index (χ0v) is 13.3. The molecule has 6 nitrogen and oxygen atoms in total. The van der Waals surface area contributed by atoms with Gasteiger partial charge in [0.25, 0.3) is 5.91 Å². The van der Waals surface area contributed by atoms with Crippen molar-refractivity contribution < 1.29 is 19.2 Å². The van der Waals surface area contributed by atoms with Gasteiger partial charge in [-0.15, -0.1) is 0 Å². The average Bonchev–Trinajstić information content (AvgIpc) is 2.37. The van der Waals surface area contributed by atoms with Crippen LogP contribution in [0.3, 0.4) is 0 Å². The number of methoxy groups -OCH3 is 1. The maximum absolute atomic E-state index is 11.7. The molecule has 0 aliphatic carbocycles. The number of carbonyl (C=O) groups is 2. The number of nitrogens with one attached hydrogen (secondary N) is 2. The number of likely N-dealkylation sites (N-methyl/N-ethyl adjacent to an activating group) is 1. The molecule has 7 heteroatoms. The largest absolute Gasteiger partial charge is 0.496 e. The fourth-order valence-electron chi connectivity index (χ4n) is 1.79. The van der Waals surface area contributed by atoms with Gasteiger partial charge in [-0.25, -0.2) is 4.79 Å². The molecule has 0 saturated carbocycles. The lowest BCUT2D eigenvalue weighted by Gasteiger charge is -2.21. The second kappa shape index (κ2) is 7.25. The van der Waals surface area contributed by atoms with Crippen molar-refractivity contribution in [2.75, 3.05) is 14.2 Å². The summed E-state index contributed by atoms with van der Waals surface area (Å²) >= 11 is 3.41. The minimum absolute atomic E-state index is 0.399. The van der Waals surface area contributed by atoms with E-state index in [0.717, 1.165) is 20.7 Å². The van der Waals surface area contributed by atoms with E-state index >= 15 is 0 Å². The molecule has 0 fully saturated rings. The highest BCUT2D eigenvalue weighted by Crippen LogP contribution is 2.22. The first-order chi connectivity index (χ1) is 9.35. The van der Waals surface area contributed by atoms with E-state index in [-0.39, 0.29) is 0 Å². The van der Waals surface area contributed by atoms with Gasteiger partial charge in [0, 0.05) is 10.0 Å². The van der Waals surface area contributed by atoms with Gasteiger partial charge in [-0.2, -0.15) is 0 Å². The molecule has 0 spiro atoms. The number of amides is 3. The zero-order chi connectivity index (χ0) is 15.3. The Labute approximate surface area is 126 Å². The number of hydrogen-bond acceptors (Lipinski definition) is 3. The third-order valence-electron chi connectivity index (χ3n) is 3.09. The van der Waals surface area contributed by atoms with Gasteiger partial charge in [0.15, 0.2) is 6.04 Å². The summed E-state index contributed by atoms with van der Waals surface area (Å²) in [6.45, 7) is 2.31. The third kappa shape index (κ3) is 4.50. The van der Waals surface area contributed by atoms with Crippen molar-refractivity contribution in [3.63, 3.8) is 0 Å². The monoisotopic (exact) mass is 344 g/mol. The Morgan fingerprint density at radius 1 is 1.50 bits per heavy atom. The molecule has 1 aromatic carbocycles. The van der Waals surface area contributed by atoms with E-state index in [0.29, 0.717) is 6.54 Å². The van der Waals surface area contributed by atoms with Crippen LogP contribution in [0, 0.1) is 0 Å². The molecule has 0 radical (unpaired) electrons. The van der Waals surface area contributed by atoms with Crippen molar-refractivity contribution in [2.24, 2.45) is 5.73 Å². The van der Waals surface area contributed by atoms with Gasteiger partial charge >= 0.3 is 6.03 Å². The highest BCUT2D eigenvalue weighted by Gasteiger charge is 2.23. The summed E-state index contributed by atoms with van der Waals surface area (Å²) < 4.78 is 6.24.